The van der Waals surface area contributed by atoms with E-state index in [0.29, 0.717) is 19.3 Å². The third kappa shape index (κ3) is 7.02. The molecular weight excluding hydrogens is 356 g/mol. The average Bonchev–Trinajstić information content (AvgIpc) is 2.65. The van der Waals surface area contributed by atoms with E-state index < -0.39 is 17.9 Å². The molecule has 0 aliphatic carbocycles. The monoisotopic (exact) mass is 384 g/mol. The summed E-state index contributed by atoms with van der Waals surface area (Å²) < 4.78 is 0. The smallest absolute Gasteiger partial charge is 0.326 e. The number of aliphatic carboxylic acids is 1. The van der Waals surface area contributed by atoms with E-state index >= 15 is 0 Å². The second-order valence-electron chi connectivity index (χ2n) is 7.40. The molecule has 150 valence electrons. The SMILES string of the molecule is CC(C)C[C@H](NC(=O)CNC(=O)CCCc1ccc2ccccc2c1)C(=O)O. The fraction of sp³-hybridized carbons (Fsp3) is 0.409. The largest absolute Gasteiger partial charge is 0.480 e. The number of hydrogen-bond donors (Lipinski definition) is 3. The molecule has 1 atom stereocenters. The van der Waals surface area contributed by atoms with E-state index in [1.165, 1.54) is 16.3 Å². The highest BCUT2D eigenvalue weighted by atomic mass is 16.4. The second kappa shape index (κ2) is 10.4. The van der Waals surface area contributed by atoms with Crippen molar-refractivity contribution < 1.29 is 19.5 Å². The van der Waals surface area contributed by atoms with Crippen LogP contribution in [0.1, 0.15) is 38.7 Å². The van der Waals surface area contributed by atoms with Crippen molar-refractivity contribution in [3.63, 3.8) is 0 Å². The number of aryl methyl sites for hydroxylation is 1. The first-order chi connectivity index (χ1) is 13.3. The van der Waals surface area contributed by atoms with Gasteiger partial charge in [-0.1, -0.05) is 56.3 Å². The Kier molecular flexibility index (Phi) is 7.99. The summed E-state index contributed by atoms with van der Waals surface area (Å²) in [6.45, 7) is 3.56. The number of benzene rings is 2. The fourth-order valence-corrected chi connectivity index (χ4v) is 3.05. The van der Waals surface area contributed by atoms with Gasteiger partial charge in [-0.25, -0.2) is 4.79 Å². The predicted molar refractivity (Wildman–Crippen MR) is 109 cm³/mol. The summed E-state index contributed by atoms with van der Waals surface area (Å²) in [4.78, 5) is 35.0. The first kappa shape index (κ1) is 21.4. The predicted octanol–water partition coefficient (Wildman–Crippen LogP) is 2.89. The van der Waals surface area contributed by atoms with E-state index in [9.17, 15) is 14.4 Å². The minimum Gasteiger partial charge on any atom is -0.480 e. The average molecular weight is 384 g/mol. The standard InChI is InChI=1S/C22H28N2O4/c1-15(2)12-19(22(27)28)24-21(26)14-23-20(25)9-5-6-16-10-11-17-7-3-4-8-18(17)13-16/h3-4,7-8,10-11,13,15,19H,5-6,9,12,14H2,1-2H3,(H,23,25)(H,24,26)(H,27,28)/t19-/m0/s1. The summed E-state index contributed by atoms with van der Waals surface area (Å²) in [7, 11) is 0. The summed E-state index contributed by atoms with van der Waals surface area (Å²) in [6, 6.07) is 13.5. The van der Waals surface area contributed by atoms with Crippen LogP contribution in [0.2, 0.25) is 0 Å². The molecule has 6 nitrogen and oxygen atoms in total. The van der Waals surface area contributed by atoms with Crippen LogP contribution in [-0.2, 0) is 20.8 Å². The zero-order valence-corrected chi connectivity index (χ0v) is 16.4. The molecule has 6 heteroatoms. The number of amides is 2. The zero-order chi connectivity index (χ0) is 20.5. The number of carboxylic acids is 1. The molecule has 0 spiro atoms. The molecule has 2 aromatic rings. The van der Waals surface area contributed by atoms with E-state index in [1.54, 1.807) is 0 Å². The maximum atomic E-state index is 11.9. The van der Waals surface area contributed by atoms with Gasteiger partial charge in [-0.2, -0.15) is 0 Å². The van der Waals surface area contributed by atoms with E-state index in [-0.39, 0.29) is 18.4 Å². The fourth-order valence-electron chi connectivity index (χ4n) is 3.05. The molecule has 0 saturated carbocycles. The highest BCUT2D eigenvalue weighted by molar-refractivity contribution is 5.88. The summed E-state index contributed by atoms with van der Waals surface area (Å²) in [5, 5.41) is 16.5. The molecular formula is C22H28N2O4. The van der Waals surface area contributed by atoms with Gasteiger partial charge in [-0.15, -0.1) is 0 Å². The Hall–Kier alpha value is -2.89. The van der Waals surface area contributed by atoms with Crippen LogP contribution < -0.4 is 10.6 Å². The van der Waals surface area contributed by atoms with Gasteiger partial charge in [0.15, 0.2) is 0 Å². The number of carbonyl (C=O) groups excluding carboxylic acids is 2. The minimum atomic E-state index is -1.07. The number of hydrogen-bond acceptors (Lipinski definition) is 3. The number of rotatable bonds is 10. The molecule has 0 aromatic heterocycles. The van der Waals surface area contributed by atoms with Gasteiger partial charge in [-0.3, -0.25) is 9.59 Å². The summed E-state index contributed by atoms with van der Waals surface area (Å²) >= 11 is 0. The summed E-state index contributed by atoms with van der Waals surface area (Å²) in [5.74, 6) is -1.63. The molecule has 3 N–H and O–H groups in total. The van der Waals surface area contributed by atoms with Gasteiger partial charge in [-0.05, 0) is 41.5 Å². The lowest BCUT2D eigenvalue weighted by atomic mass is 10.0. The maximum Gasteiger partial charge on any atom is 0.326 e. The number of nitrogens with one attached hydrogen (secondary N) is 2. The van der Waals surface area contributed by atoms with Gasteiger partial charge >= 0.3 is 5.97 Å². The molecule has 0 bridgehead atoms. The minimum absolute atomic E-state index is 0.145. The second-order valence-corrected chi connectivity index (χ2v) is 7.40. The van der Waals surface area contributed by atoms with Crippen LogP contribution in [0.3, 0.4) is 0 Å². The molecule has 0 saturated heterocycles. The Bertz CT molecular complexity index is 832. The van der Waals surface area contributed by atoms with Crippen LogP contribution in [0.4, 0.5) is 0 Å². The van der Waals surface area contributed by atoms with Gasteiger partial charge in [0.25, 0.3) is 0 Å². The lowest BCUT2D eigenvalue weighted by Gasteiger charge is -2.16. The van der Waals surface area contributed by atoms with Crippen molar-refractivity contribution >= 4 is 28.6 Å². The van der Waals surface area contributed by atoms with Crippen LogP contribution >= 0.6 is 0 Å². The van der Waals surface area contributed by atoms with Gasteiger partial charge in [0, 0.05) is 6.42 Å². The summed E-state index contributed by atoms with van der Waals surface area (Å²) in [6.07, 6.45) is 2.12. The third-order valence-electron chi connectivity index (χ3n) is 4.47. The Balaban J connectivity index is 1.71. The van der Waals surface area contributed by atoms with Gasteiger partial charge < -0.3 is 15.7 Å². The van der Waals surface area contributed by atoms with Crippen LogP contribution in [0, 0.1) is 5.92 Å². The van der Waals surface area contributed by atoms with Crippen molar-refractivity contribution in [2.45, 2.75) is 45.6 Å². The Morgan fingerprint density at radius 3 is 2.39 bits per heavy atom. The number of carboxylic acid groups (broad SMARTS) is 1. The molecule has 0 fully saturated rings. The molecule has 2 aromatic carbocycles. The lowest BCUT2D eigenvalue weighted by molar-refractivity contribution is -0.142. The number of fused-ring (bicyclic) bond motifs is 1. The van der Waals surface area contributed by atoms with Gasteiger partial charge in [0.2, 0.25) is 11.8 Å². The molecule has 28 heavy (non-hydrogen) atoms. The van der Waals surface area contributed by atoms with E-state index in [4.69, 9.17) is 5.11 Å². The maximum absolute atomic E-state index is 11.9. The first-order valence-corrected chi connectivity index (χ1v) is 9.61. The van der Waals surface area contributed by atoms with Crippen LogP contribution in [0.5, 0.6) is 0 Å². The topological polar surface area (TPSA) is 95.5 Å². The Labute approximate surface area is 165 Å². The van der Waals surface area contributed by atoms with Crippen LogP contribution in [0.15, 0.2) is 42.5 Å². The first-order valence-electron chi connectivity index (χ1n) is 9.61. The van der Waals surface area contributed by atoms with Crippen molar-refractivity contribution in [3.8, 4) is 0 Å². The van der Waals surface area contributed by atoms with Gasteiger partial charge in [0.05, 0.1) is 6.54 Å². The quantitative estimate of drug-likeness (QED) is 0.587. The molecule has 0 radical (unpaired) electrons. The van der Waals surface area contributed by atoms with Crippen molar-refractivity contribution in [3.05, 3.63) is 48.0 Å². The zero-order valence-electron chi connectivity index (χ0n) is 16.4. The molecule has 0 aliphatic rings. The molecule has 2 amide bonds. The Morgan fingerprint density at radius 2 is 1.71 bits per heavy atom. The van der Waals surface area contributed by atoms with Crippen molar-refractivity contribution in [2.24, 2.45) is 5.92 Å². The normalized spacial score (nSPS) is 12.0. The lowest BCUT2D eigenvalue weighted by Crippen LogP contribution is -2.46. The Morgan fingerprint density at radius 1 is 1.00 bits per heavy atom. The van der Waals surface area contributed by atoms with E-state index in [0.717, 1.165) is 6.42 Å². The highest BCUT2D eigenvalue weighted by Gasteiger charge is 2.21. The number of carbonyl (C=O) groups is 3. The molecule has 2 rings (SSSR count). The third-order valence-corrected chi connectivity index (χ3v) is 4.47. The molecule has 0 unspecified atom stereocenters. The summed E-state index contributed by atoms with van der Waals surface area (Å²) in [5.41, 5.74) is 1.17. The highest BCUT2D eigenvalue weighted by Crippen LogP contribution is 2.17. The van der Waals surface area contributed by atoms with E-state index in [2.05, 4.69) is 41.0 Å². The molecule has 0 aliphatic heterocycles. The van der Waals surface area contributed by atoms with Crippen molar-refractivity contribution in [1.82, 2.24) is 10.6 Å². The van der Waals surface area contributed by atoms with Crippen molar-refractivity contribution in [1.29, 1.82) is 0 Å². The van der Waals surface area contributed by atoms with Crippen molar-refractivity contribution in [2.75, 3.05) is 6.54 Å². The van der Waals surface area contributed by atoms with Gasteiger partial charge in [0.1, 0.15) is 6.04 Å². The molecule has 0 heterocycles. The van der Waals surface area contributed by atoms with Crippen LogP contribution in [0.25, 0.3) is 10.8 Å². The van der Waals surface area contributed by atoms with Crippen LogP contribution in [-0.4, -0.2) is 35.5 Å². The van der Waals surface area contributed by atoms with E-state index in [1.807, 2.05) is 26.0 Å².